The van der Waals surface area contributed by atoms with E-state index in [1.54, 1.807) is 0 Å². The van der Waals surface area contributed by atoms with Crippen molar-refractivity contribution in [2.75, 3.05) is 19.6 Å². The summed E-state index contributed by atoms with van der Waals surface area (Å²) in [5, 5.41) is 10.5. The van der Waals surface area contributed by atoms with E-state index in [1.807, 2.05) is 0 Å². The first-order chi connectivity index (χ1) is 8.10. The average Bonchev–Trinajstić information content (AvgIpc) is 2.83. The van der Waals surface area contributed by atoms with Gasteiger partial charge in [-0.3, -0.25) is 4.90 Å². The summed E-state index contributed by atoms with van der Waals surface area (Å²) in [6.45, 7) is 8.95. The number of nitrogens with zero attached hydrogens (tertiary/aromatic N) is 1. The van der Waals surface area contributed by atoms with Gasteiger partial charge in [0.05, 0.1) is 5.60 Å². The summed E-state index contributed by atoms with van der Waals surface area (Å²) in [6.07, 6.45) is 5.47. The second kappa shape index (κ2) is 6.72. The monoisotopic (exact) mass is 242 g/mol. The van der Waals surface area contributed by atoms with Crippen LogP contribution in [0.3, 0.4) is 0 Å². The number of hydrogen-bond donors (Lipinski definition) is 2. The van der Waals surface area contributed by atoms with Crippen LogP contribution < -0.4 is 5.73 Å². The van der Waals surface area contributed by atoms with Crippen molar-refractivity contribution in [3.05, 3.63) is 0 Å². The zero-order chi connectivity index (χ0) is 12.9. The van der Waals surface area contributed by atoms with E-state index in [4.69, 9.17) is 5.73 Å². The van der Waals surface area contributed by atoms with Crippen molar-refractivity contribution in [2.24, 2.45) is 11.7 Å². The summed E-state index contributed by atoms with van der Waals surface area (Å²) >= 11 is 0. The molecule has 0 bridgehead atoms. The van der Waals surface area contributed by atoms with Gasteiger partial charge in [0.1, 0.15) is 0 Å². The molecule has 17 heavy (non-hydrogen) atoms. The van der Waals surface area contributed by atoms with Crippen LogP contribution in [-0.4, -0.2) is 41.3 Å². The molecule has 102 valence electrons. The zero-order valence-corrected chi connectivity index (χ0v) is 11.8. The predicted molar refractivity (Wildman–Crippen MR) is 73.0 cm³/mol. The van der Waals surface area contributed by atoms with Crippen LogP contribution in [-0.2, 0) is 0 Å². The molecule has 1 saturated carbocycles. The fraction of sp³-hybridized carbons (Fsp3) is 1.00. The first-order valence-electron chi connectivity index (χ1n) is 7.26. The molecule has 0 spiro atoms. The van der Waals surface area contributed by atoms with Gasteiger partial charge in [0.2, 0.25) is 0 Å². The van der Waals surface area contributed by atoms with Crippen molar-refractivity contribution in [2.45, 2.75) is 64.5 Å². The van der Waals surface area contributed by atoms with Gasteiger partial charge in [-0.25, -0.2) is 0 Å². The molecule has 1 fully saturated rings. The standard InChI is InChI=1S/C14H30N2O/c1-4-14(17,5-2)11-16(6-3)13-9-7-8-12(13)10-15/h12-13,17H,4-11,15H2,1-3H3. The number of hydrogen-bond acceptors (Lipinski definition) is 3. The molecule has 0 radical (unpaired) electrons. The van der Waals surface area contributed by atoms with Crippen molar-refractivity contribution in [1.82, 2.24) is 4.90 Å². The Kier molecular flexibility index (Phi) is 5.90. The lowest BCUT2D eigenvalue weighted by Gasteiger charge is -2.38. The largest absolute Gasteiger partial charge is 0.389 e. The van der Waals surface area contributed by atoms with Crippen LogP contribution in [0, 0.1) is 5.92 Å². The van der Waals surface area contributed by atoms with Gasteiger partial charge in [-0.2, -0.15) is 0 Å². The predicted octanol–water partition coefficient (Wildman–Crippen LogP) is 1.99. The number of rotatable bonds is 7. The number of aliphatic hydroxyl groups is 1. The molecule has 1 aliphatic carbocycles. The van der Waals surface area contributed by atoms with E-state index < -0.39 is 5.60 Å². The van der Waals surface area contributed by atoms with Crippen molar-refractivity contribution < 1.29 is 5.11 Å². The van der Waals surface area contributed by atoms with Gasteiger partial charge < -0.3 is 10.8 Å². The summed E-state index contributed by atoms with van der Waals surface area (Å²) in [4.78, 5) is 2.46. The highest BCUT2D eigenvalue weighted by atomic mass is 16.3. The maximum absolute atomic E-state index is 10.5. The fourth-order valence-corrected chi connectivity index (χ4v) is 3.09. The van der Waals surface area contributed by atoms with E-state index >= 15 is 0 Å². The molecule has 1 rings (SSSR count). The molecular weight excluding hydrogens is 212 g/mol. The van der Waals surface area contributed by atoms with E-state index in [0.29, 0.717) is 12.0 Å². The van der Waals surface area contributed by atoms with E-state index in [1.165, 1.54) is 19.3 Å². The Morgan fingerprint density at radius 2 is 1.88 bits per heavy atom. The summed E-state index contributed by atoms with van der Waals surface area (Å²) < 4.78 is 0. The lowest BCUT2D eigenvalue weighted by Crippen LogP contribution is -2.49. The van der Waals surface area contributed by atoms with Gasteiger partial charge in [0, 0.05) is 12.6 Å². The average molecular weight is 242 g/mol. The normalized spacial score (nSPS) is 25.8. The Morgan fingerprint density at radius 3 is 2.35 bits per heavy atom. The van der Waals surface area contributed by atoms with E-state index in [-0.39, 0.29) is 0 Å². The van der Waals surface area contributed by atoms with Gasteiger partial charge in [-0.1, -0.05) is 27.2 Å². The minimum Gasteiger partial charge on any atom is -0.389 e. The molecule has 0 amide bonds. The molecule has 3 nitrogen and oxygen atoms in total. The topological polar surface area (TPSA) is 49.5 Å². The van der Waals surface area contributed by atoms with Crippen molar-refractivity contribution in [3.8, 4) is 0 Å². The van der Waals surface area contributed by atoms with Crippen LogP contribution in [0.1, 0.15) is 52.9 Å². The summed E-state index contributed by atoms with van der Waals surface area (Å²) in [7, 11) is 0. The third kappa shape index (κ3) is 3.67. The molecule has 0 aromatic rings. The van der Waals surface area contributed by atoms with E-state index in [2.05, 4.69) is 25.7 Å². The summed E-state index contributed by atoms with van der Waals surface area (Å²) in [5.41, 5.74) is 5.34. The van der Waals surface area contributed by atoms with Crippen molar-refractivity contribution in [1.29, 1.82) is 0 Å². The Balaban J connectivity index is 2.64. The Bertz CT molecular complexity index is 216. The Morgan fingerprint density at radius 1 is 1.24 bits per heavy atom. The van der Waals surface area contributed by atoms with Gasteiger partial charge in [0.25, 0.3) is 0 Å². The molecule has 3 N–H and O–H groups in total. The summed E-state index contributed by atoms with van der Waals surface area (Å²) in [6, 6.07) is 0.592. The summed E-state index contributed by atoms with van der Waals surface area (Å²) in [5.74, 6) is 0.632. The zero-order valence-electron chi connectivity index (χ0n) is 11.8. The minimum atomic E-state index is -0.516. The Labute approximate surface area is 106 Å². The van der Waals surface area contributed by atoms with Gasteiger partial charge in [-0.15, -0.1) is 0 Å². The number of likely N-dealkylation sites (N-methyl/N-ethyl adjacent to an activating group) is 1. The second-order valence-corrected chi connectivity index (χ2v) is 5.49. The van der Waals surface area contributed by atoms with Crippen LogP contribution in [0.15, 0.2) is 0 Å². The molecule has 0 heterocycles. The molecule has 0 saturated heterocycles. The maximum atomic E-state index is 10.5. The van der Waals surface area contributed by atoms with Gasteiger partial charge >= 0.3 is 0 Å². The molecule has 1 aliphatic rings. The lowest BCUT2D eigenvalue weighted by atomic mass is 9.94. The molecule has 0 aliphatic heterocycles. The van der Waals surface area contributed by atoms with E-state index in [0.717, 1.165) is 32.5 Å². The molecule has 0 aromatic carbocycles. The molecule has 0 aromatic heterocycles. The van der Waals surface area contributed by atoms with Crippen LogP contribution in [0.2, 0.25) is 0 Å². The first-order valence-corrected chi connectivity index (χ1v) is 7.26. The van der Waals surface area contributed by atoms with Crippen LogP contribution in [0.4, 0.5) is 0 Å². The minimum absolute atomic E-state index is 0.516. The highest BCUT2D eigenvalue weighted by Gasteiger charge is 2.34. The molecule has 2 unspecified atom stereocenters. The molecule has 2 atom stereocenters. The fourth-order valence-electron chi connectivity index (χ4n) is 3.09. The Hall–Kier alpha value is -0.120. The first kappa shape index (κ1) is 14.9. The van der Waals surface area contributed by atoms with Crippen LogP contribution in [0.5, 0.6) is 0 Å². The quantitative estimate of drug-likeness (QED) is 0.718. The van der Waals surface area contributed by atoms with Gasteiger partial charge in [0.15, 0.2) is 0 Å². The maximum Gasteiger partial charge on any atom is 0.0769 e. The van der Waals surface area contributed by atoms with Crippen LogP contribution in [0.25, 0.3) is 0 Å². The third-order valence-corrected chi connectivity index (χ3v) is 4.61. The lowest BCUT2D eigenvalue weighted by molar-refractivity contribution is -0.0179. The molecular formula is C14H30N2O. The van der Waals surface area contributed by atoms with E-state index in [9.17, 15) is 5.11 Å². The van der Waals surface area contributed by atoms with Gasteiger partial charge in [-0.05, 0) is 44.7 Å². The SMILES string of the molecule is CCN(CC(O)(CC)CC)C1CCCC1CN. The smallest absolute Gasteiger partial charge is 0.0769 e. The highest BCUT2D eigenvalue weighted by molar-refractivity contribution is 4.89. The number of nitrogens with two attached hydrogens (primary N) is 1. The van der Waals surface area contributed by atoms with Crippen LogP contribution >= 0.6 is 0 Å². The van der Waals surface area contributed by atoms with Crippen molar-refractivity contribution >= 4 is 0 Å². The third-order valence-electron chi connectivity index (χ3n) is 4.61. The van der Waals surface area contributed by atoms with Crippen molar-refractivity contribution in [3.63, 3.8) is 0 Å². The second-order valence-electron chi connectivity index (χ2n) is 5.49. The highest BCUT2D eigenvalue weighted by Crippen LogP contribution is 2.30. The molecule has 3 heteroatoms.